The Morgan fingerprint density at radius 2 is 1.67 bits per heavy atom. The van der Waals surface area contributed by atoms with Crippen LogP contribution in [0.4, 0.5) is 10.2 Å². The highest BCUT2D eigenvalue weighted by molar-refractivity contribution is 14.0. The third-order valence-electron chi connectivity index (χ3n) is 4.03. The summed E-state index contributed by atoms with van der Waals surface area (Å²) in [6, 6.07) is 10.6. The van der Waals surface area contributed by atoms with E-state index in [4.69, 9.17) is 0 Å². The summed E-state index contributed by atoms with van der Waals surface area (Å²) >= 11 is 0. The Morgan fingerprint density at radius 3 is 2.22 bits per heavy atom. The van der Waals surface area contributed by atoms with E-state index in [0.717, 1.165) is 42.5 Å². The number of nitrogens with one attached hydrogen (secondary N) is 2. The lowest BCUT2D eigenvalue weighted by Crippen LogP contribution is -2.36. The van der Waals surface area contributed by atoms with E-state index in [-0.39, 0.29) is 29.8 Å². The summed E-state index contributed by atoms with van der Waals surface area (Å²) in [6.07, 6.45) is 1.88. The smallest absolute Gasteiger partial charge is 0.191 e. The lowest BCUT2D eigenvalue weighted by Gasteiger charge is -2.19. The number of halogens is 2. The zero-order chi connectivity index (χ0) is 18.8. The molecule has 0 fully saturated rings. The molecule has 1 heterocycles. The first kappa shape index (κ1) is 23.1. The molecule has 0 radical (unpaired) electrons. The minimum atomic E-state index is -0.227. The van der Waals surface area contributed by atoms with Crippen molar-refractivity contribution < 1.29 is 4.39 Å². The Balaban J connectivity index is 0.00000364. The first-order chi connectivity index (χ1) is 12.7. The fourth-order valence-electron chi connectivity index (χ4n) is 2.55. The predicted molar refractivity (Wildman–Crippen MR) is 121 cm³/mol. The van der Waals surface area contributed by atoms with Crippen LogP contribution in [0.2, 0.25) is 0 Å². The first-order valence-electron chi connectivity index (χ1n) is 9.12. The van der Waals surface area contributed by atoms with Crippen molar-refractivity contribution in [1.82, 2.24) is 15.6 Å². The Morgan fingerprint density at radius 1 is 1.00 bits per heavy atom. The third-order valence-corrected chi connectivity index (χ3v) is 4.03. The molecule has 0 bridgehead atoms. The van der Waals surface area contributed by atoms with Crippen molar-refractivity contribution in [2.75, 3.05) is 24.5 Å². The number of pyridine rings is 1. The van der Waals surface area contributed by atoms with E-state index in [1.165, 1.54) is 12.1 Å². The van der Waals surface area contributed by atoms with Crippen LogP contribution in [-0.4, -0.2) is 30.6 Å². The van der Waals surface area contributed by atoms with Crippen LogP contribution in [-0.2, 0) is 13.1 Å². The number of benzene rings is 1. The molecule has 5 nitrogen and oxygen atoms in total. The fourth-order valence-corrected chi connectivity index (χ4v) is 2.55. The van der Waals surface area contributed by atoms with Gasteiger partial charge in [0.15, 0.2) is 5.96 Å². The molecule has 0 aliphatic heterocycles. The number of guanidine groups is 1. The van der Waals surface area contributed by atoms with Crippen LogP contribution in [0.25, 0.3) is 0 Å². The summed E-state index contributed by atoms with van der Waals surface area (Å²) in [6.45, 7) is 10.1. The van der Waals surface area contributed by atoms with Crippen LogP contribution in [0, 0.1) is 5.82 Å². The highest BCUT2D eigenvalue weighted by Gasteiger charge is 2.03. The van der Waals surface area contributed by atoms with Gasteiger partial charge in [-0.15, -0.1) is 24.0 Å². The molecule has 148 valence electrons. The van der Waals surface area contributed by atoms with Gasteiger partial charge in [-0.3, -0.25) is 0 Å². The molecule has 0 atom stereocenters. The van der Waals surface area contributed by atoms with Gasteiger partial charge >= 0.3 is 0 Å². The molecule has 0 saturated carbocycles. The summed E-state index contributed by atoms with van der Waals surface area (Å²) in [7, 11) is 0. The number of hydrogen-bond donors (Lipinski definition) is 2. The molecule has 2 N–H and O–H groups in total. The van der Waals surface area contributed by atoms with Gasteiger partial charge in [0, 0.05) is 32.4 Å². The van der Waals surface area contributed by atoms with E-state index in [2.05, 4.69) is 45.4 Å². The summed E-state index contributed by atoms with van der Waals surface area (Å²) in [5.41, 5.74) is 2.06. The average Bonchev–Trinajstić information content (AvgIpc) is 2.67. The van der Waals surface area contributed by atoms with Crippen LogP contribution in [0.3, 0.4) is 0 Å². The van der Waals surface area contributed by atoms with E-state index in [1.807, 2.05) is 19.2 Å². The Kier molecular flexibility index (Phi) is 10.7. The van der Waals surface area contributed by atoms with Gasteiger partial charge in [-0.2, -0.15) is 0 Å². The van der Waals surface area contributed by atoms with Crippen LogP contribution in [0.5, 0.6) is 0 Å². The van der Waals surface area contributed by atoms with E-state index < -0.39 is 0 Å². The number of rotatable bonds is 8. The van der Waals surface area contributed by atoms with Gasteiger partial charge in [0.05, 0.1) is 6.54 Å². The predicted octanol–water partition coefficient (Wildman–Crippen LogP) is 3.94. The minimum absolute atomic E-state index is 0. The third kappa shape index (κ3) is 7.70. The van der Waals surface area contributed by atoms with E-state index in [9.17, 15) is 4.39 Å². The second-order valence-corrected chi connectivity index (χ2v) is 5.87. The Bertz CT molecular complexity index is 685. The topological polar surface area (TPSA) is 52.6 Å². The molecule has 0 amide bonds. The monoisotopic (exact) mass is 485 g/mol. The summed E-state index contributed by atoms with van der Waals surface area (Å²) in [4.78, 5) is 11.3. The van der Waals surface area contributed by atoms with Gasteiger partial charge in [0.1, 0.15) is 11.6 Å². The Labute approximate surface area is 178 Å². The van der Waals surface area contributed by atoms with Crippen molar-refractivity contribution in [3.8, 4) is 0 Å². The number of hydrogen-bond acceptors (Lipinski definition) is 3. The molecule has 7 heteroatoms. The second-order valence-electron chi connectivity index (χ2n) is 5.87. The number of anilines is 1. The highest BCUT2D eigenvalue weighted by Crippen LogP contribution is 2.11. The lowest BCUT2D eigenvalue weighted by atomic mass is 10.2. The number of aromatic nitrogens is 1. The molecular weight excluding hydrogens is 456 g/mol. The van der Waals surface area contributed by atoms with Crippen molar-refractivity contribution >= 4 is 35.8 Å². The van der Waals surface area contributed by atoms with Gasteiger partial charge in [-0.05, 0) is 50.1 Å². The fraction of sp³-hybridized carbons (Fsp3) is 0.400. The van der Waals surface area contributed by atoms with Crippen molar-refractivity contribution in [2.24, 2.45) is 4.99 Å². The van der Waals surface area contributed by atoms with Gasteiger partial charge in [-0.25, -0.2) is 14.4 Å². The van der Waals surface area contributed by atoms with Crippen molar-refractivity contribution in [3.05, 3.63) is 59.5 Å². The SMILES string of the molecule is CCNC(=NCc1ccc(N(CC)CC)nc1)NCc1ccc(F)cc1.I. The van der Waals surface area contributed by atoms with Gasteiger partial charge < -0.3 is 15.5 Å². The van der Waals surface area contributed by atoms with Crippen LogP contribution < -0.4 is 15.5 Å². The minimum Gasteiger partial charge on any atom is -0.357 e. The molecular formula is C20H29FIN5. The molecule has 0 spiro atoms. The molecule has 2 rings (SSSR count). The molecule has 1 aromatic carbocycles. The number of aliphatic imine (C=N–C) groups is 1. The largest absolute Gasteiger partial charge is 0.357 e. The zero-order valence-electron chi connectivity index (χ0n) is 16.2. The van der Waals surface area contributed by atoms with Crippen molar-refractivity contribution in [1.29, 1.82) is 0 Å². The zero-order valence-corrected chi connectivity index (χ0v) is 18.5. The highest BCUT2D eigenvalue weighted by atomic mass is 127. The maximum absolute atomic E-state index is 13.0. The summed E-state index contributed by atoms with van der Waals surface area (Å²) in [5, 5.41) is 6.48. The molecule has 0 unspecified atom stereocenters. The molecule has 0 saturated heterocycles. The van der Waals surface area contributed by atoms with Crippen molar-refractivity contribution in [3.63, 3.8) is 0 Å². The van der Waals surface area contributed by atoms with Gasteiger partial charge in [0.2, 0.25) is 0 Å². The molecule has 2 aromatic rings. The van der Waals surface area contributed by atoms with Crippen LogP contribution in [0.1, 0.15) is 31.9 Å². The molecule has 0 aliphatic carbocycles. The summed E-state index contributed by atoms with van der Waals surface area (Å²) < 4.78 is 13.0. The van der Waals surface area contributed by atoms with Crippen LogP contribution >= 0.6 is 24.0 Å². The van der Waals surface area contributed by atoms with E-state index in [0.29, 0.717) is 13.1 Å². The normalized spacial score (nSPS) is 10.9. The average molecular weight is 485 g/mol. The molecule has 27 heavy (non-hydrogen) atoms. The maximum atomic E-state index is 13.0. The van der Waals surface area contributed by atoms with Crippen LogP contribution in [0.15, 0.2) is 47.6 Å². The second kappa shape index (κ2) is 12.5. The van der Waals surface area contributed by atoms with Gasteiger partial charge in [-0.1, -0.05) is 18.2 Å². The van der Waals surface area contributed by atoms with Crippen molar-refractivity contribution in [2.45, 2.75) is 33.9 Å². The maximum Gasteiger partial charge on any atom is 0.191 e. The van der Waals surface area contributed by atoms with E-state index in [1.54, 1.807) is 12.1 Å². The standard InChI is InChI=1S/C20H28FN5.HI/c1-4-22-20(24-13-16-7-10-18(21)11-8-16)25-15-17-9-12-19(23-14-17)26(5-2)6-3;/h7-12,14H,4-6,13,15H2,1-3H3,(H2,22,24,25);1H. The van der Waals surface area contributed by atoms with E-state index >= 15 is 0 Å². The molecule has 0 aliphatic rings. The van der Waals surface area contributed by atoms with Gasteiger partial charge in [0.25, 0.3) is 0 Å². The lowest BCUT2D eigenvalue weighted by molar-refractivity contribution is 0.626. The Hall–Kier alpha value is -1.90. The summed E-state index contributed by atoms with van der Waals surface area (Å²) in [5.74, 6) is 1.49. The first-order valence-corrected chi connectivity index (χ1v) is 9.12. The quantitative estimate of drug-likeness (QED) is 0.338. The molecule has 1 aromatic heterocycles. The number of nitrogens with zero attached hydrogens (tertiary/aromatic N) is 3.